The van der Waals surface area contributed by atoms with E-state index in [0.717, 1.165) is 12.5 Å². The van der Waals surface area contributed by atoms with Crippen LogP contribution in [0.4, 0.5) is 0 Å². The van der Waals surface area contributed by atoms with Gasteiger partial charge < -0.3 is 10.1 Å². The smallest absolute Gasteiger partial charge is 0.255 e. The number of hydrogen-bond donors (Lipinski definition) is 2. The van der Waals surface area contributed by atoms with Gasteiger partial charge in [0.2, 0.25) is 10.0 Å². The lowest BCUT2D eigenvalue weighted by atomic mass is 10.2. The lowest BCUT2D eigenvalue weighted by Crippen LogP contribution is -2.25. The fourth-order valence-electron chi connectivity index (χ4n) is 1.49. The minimum absolute atomic E-state index is 0.0347. The van der Waals surface area contributed by atoms with Crippen LogP contribution < -0.4 is 15.2 Å². The van der Waals surface area contributed by atoms with Gasteiger partial charge >= 0.3 is 0 Å². The van der Waals surface area contributed by atoms with Crippen LogP contribution in [0.25, 0.3) is 0 Å². The molecule has 0 fully saturated rings. The van der Waals surface area contributed by atoms with Gasteiger partial charge in [-0.25, -0.2) is 13.6 Å². The zero-order chi connectivity index (χ0) is 14.6. The molecule has 0 atom stereocenters. The molecular weight excluding hydrogens is 292 g/mol. The number of amides is 1. The van der Waals surface area contributed by atoms with Crippen molar-refractivity contribution in [3.63, 3.8) is 0 Å². The van der Waals surface area contributed by atoms with E-state index in [4.69, 9.17) is 21.5 Å². The van der Waals surface area contributed by atoms with Crippen molar-refractivity contribution in [2.45, 2.75) is 18.2 Å². The number of benzene rings is 1. The Morgan fingerprint density at radius 3 is 2.58 bits per heavy atom. The van der Waals surface area contributed by atoms with E-state index in [1.54, 1.807) is 0 Å². The number of halogens is 1. The van der Waals surface area contributed by atoms with Crippen molar-refractivity contribution in [3.05, 3.63) is 22.7 Å². The molecular formula is C11H15ClN2O4S. The molecule has 0 heterocycles. The molecule has 1 aromatic rings. The van der Waals surface area contributed by atoms with Crippen LogP contribution in [0.2, 0.25) is 5.02 Å². The first kappa shape index (κ1) is 15.7. The maximum Gasteiger partial charge on any atom is 0.255 e. The van der Waals surface area contributed by atoms with Gasteiger partial charge in [0.15, 0.2) is 5.75 Å². The number of hydrogen-bond acceptors (Lipinski definition) is 4. The number of methoxy groups -OCH3 is 1. The highest BCUT2D eigenvalue weighted by atomic mass is 35.5. The standard InChI is InChI=1S/C11H15ClN2O4S/c1-3-4-14-11(15)8-5-7(12)6-9(10(8)18-2)19(13,16)17/h5-6H,3-4H2,1-2H3,(H,14,15)(H2,13,16,17). The second-order valence-electron chi connectivity index (χ2n) is 3.79. The zero-order valence-electron chi connectivity index (χ0n) is 10.6. The third-order valence-electron chi connectivity index (χ3n) is 2.31. The molecule has 1 amide bonds. The molecule has 0 saturated carbocycles. The van der Waals surface area contributed by atoms with Crippen molar-refractivity contribution in [2.24, 2.45) is 5.14 Å². The van der Waals surface area contributed by atoms with Gasteiger partial charge in [-0.15, -0.1) is 0 Å². The number of carbonyl (C=O) groups excluding carboxylic acids is 1. The normalized spacial score (nSPS) is 11.2. The Kier molecular flexibility index (Phi) is 5.16. The average molecular weight is 307 g/mol. The van der Waals surface area contributed by atoms with E-state index in [1.807, 2.05) is 6.92 Å². The van der Waals surface area contributed by atoms with Gasteiger partial charge in [-0.1, -0.05) is 18.5 Å². The van der Waals surface area contributed by atoms with Crippen LogP contribution in [-0.4, -0.2) is 28.0 Å². The van der Waals surface area contributed by atoms with Crippen molar-refractivity contribution in [1.29, 1.82) is 0 Å². The monoisotopic (exact) mass is 306 g/mol. The maximum atomic E-state index is 11.9. The van der Waals surface area contributed by atoms with E-state index in [1.165, 1.54) is 13.2 Å². The molecule has 0 radical (unpaired) electrons. The van der Waals surface area contributed by atoms with Crippen molar-refractivity contribution in [1.82, 2.24) is 5.32 Å². The first-order valence-corrected chi connectivity index (χ1v) is 7.42. The van der Waals surface area contributed by atoms with Crippen molar-refractivity contribution >= 4 is 27.5 Å². The minimum atomic E-state index is -4.03. The second kappa shape index (κ2) is 6.23. The summed E-state index contributed by atoms with van der Waals surface area (Å²) in [6.45, 7) is 2.35. The molecule has 0 unspecified atom stereocenters. The number of primary sulfonamides is 1. The van der Waals surface area contributed by atoms with Crippen LogP contribution in [0, 0.1) is 0 Å². The number of sulfonamides is 1. The van der Waals surface area contributed by atoms with E-state index in [-0.39, 0.29) is 21.2 Å². The Morgan fingerprint density at radius 1 is 1.47 bits per heavy atom. The zero-order valence-corrected chi connectivity index (χ0v) is 12.1. The lowest BCUT2D eigenvalue weighted by molar-refractivity contribution is 0.0950. The van der Waals surface area contributed by atoms with Crippen LogP contribution in [0.3, 0.4) is 0 Å². The van der Waals surface area contributed by atoms with Crippen molar-refractivity contribution in [2.75, 3.05) is 13.7 Å². The van der Waals surface area contributed by atoms with Gasteiger partial charge in [0, 0.05) is 11.6 Å². The van der Waals surface area contributed by atoms with E-state index in [2.05, 4.69) is 5.32 Å². The topological polar surface area (TPSA) is 98.5 Å². The summed E-state index contributed by atoms with van der Waals surface area (Å²) in [5.41, 5.74) is 0.0347. The van der Waals surface area contributed by atoms with Crippen LogP contribution in [0.1, 0.15) is 23.7 Å². The molecule has 0 aliphatic rings. The van der Waals surface area contributed by atoms with Crippen LogP contribution in [0.5, 0.6) is 5.75 Å². The van der Waals surface area contributed by atoms with Crippen molar-refractivity contribution in [3.8, 4) is 5.75 Å². The van der Waals surface area contributed by atoms with Gasteiger partial charge in [0.05, 0.1) is 12.7 Å². The molecule has 0 bridgehead atoms. The predicted octanol–water partition coefficient (Wildman–Crippen LogP) is 1.14. The molecule has 19 heavy (non-hydrogen) atoms. The Labute approximate surface area is 116 Å². The highest BCUT2D eigenvalue weighted by Gasteiger charge is 2.23. The Balaban J connectivity index is 3.40. The molecule has 1 aromatic carbocycles. The Bertz CT molecular complexity index is 587. The molecule has 1 rings (SSSR count). The van der Waals surface area contributed by atoms with Crippen LogP contribution in [-0.2, 0) is 10.0 Å². The summed E-state index contributed by atoms with van der Waals surface area (Å²) in [6.07, 6.45) is 0.747. The summed E-state index contributed by atoms with van der Waals surface area (Å²) in [4.78, 5) is 11.6. The Hall–Kier alpha value is -1.31. The molecule has 3 N–H and O–H groups in total. The van der Waals surface area contributed by atoms with E-state index < -0.39 is 15.9 Å². The third kappa shape index (κ3) is 3.82. The molecule has 0 aromatic heterocycles. The summed E-state index contributed by atoms with van der Waals surface area (Å²) in [7, 11) is -2.78. The third-order valence-corrected chi connectivity index (χ3v) is 3.44. The SMILES string of the molecule is CCCNC(=O)c1cc(Cl)cc(S(N)(=O)=O)c1OC. The fraction of sp³-hybridized carbons (Fsp3) is 0.364. The van der Waals surface area contributed by atoms with Crippen LogP contribution in [0.15, 0.2) is 17.0 Å². The number of carbonyl (C=O) groups is 1. The number of nitrogens with one attached hydrogen (secondary N) is 1. The molecule has 106 valence electrons. The van der Waals surface area contributed by atoms with Gasteiger partial charge in [-0.3, -0.25) is 4.79 Å². The lowest BCUT2D eigenvalue weighted by Gasteiger charge is -2.13. The molecule has 6 nitrogen and oxygen atoms in total. The summed E-state index contributed by atoms with van der Waals surface area (Å²) < 4.78 is 27.9. The van der Waals surface area contributed by atoms with E-state index in [9.17, 15) is 13.2 Å². The average Bonchev–Trinajstić information content (AvgIpc) is 2.33. The largest absolute Gasteiger partial charge is 0.494 e. The molecule has 0 aliphatic heterocycles. The summed E-state index contributed by atoms with van der Waals surface area (Å²) >= 11 is 5.81. The Morgan fingerprint density at radius 2 is 2.11 bits per heavy atom. The van der Waals surface area contributed by atoms with Gasteiger partial charge in [0.1, 0.15) is 4.90 Å². The number of nitrogens with two attached hydrogens (primary N) is 1. The molecule has 0 spiro atoms. The molecule has 0 aliphatic carbocycles. The first-order chi connectivity index (χ1) is 8.81. The molecule has 0 saturated heterocycles. The first-order valence-electron chi connectivity index (χ1n) is 5.49. The number of rotatable bonds is 5. The number of ether oxygens (including phenoxy) is 1. The van der Waals surface area contributed by atoms with Gasteiger partial charge in [0.25, 0.3) is 5.91 Å². The highest BCUT2D eigenvalue weighted by Crippen LogP contribution is 2.31. The molecule has 8 heteroatoms. The summed E-state index contributed by atoms with van der Waals surface area (Å²) in [6, 6.07) is 2.48. The predicted molar refractivity (Wildman–Crippen MR) is 72.0 cm³/mol. The van der Waals surface area contributed by atoms with Gasteiger partial charge in [-0.2, -0.15) is 0 Å². The van der Waals surface area contributed by atoms with E-state index >= 15 is 0 Å². The second-order valence-corrected chi connectivity index (χ2v) is 5.75. The van der Waals surface area contributed by atoms with Crippen molar-refractivity contribution < 1.29 is 17.9 Å². The fourth-order valence-corrected chi connectivity index (χ4v) is 2.52. The van der Waals surface area contributed by atoms with E-state index in [0.29, 0.717) is 6.54 Å². The quantitative estimate of drug-likeness (QED) is 0.852. The summed E-state index contributed by atoms with van der Waals surface area (Å²) in [5, 5.41) is 7.78. The maximum absolute atomic E-state index is 11.9. The highest BCUT2D eigenvalue weighted by molar-refractivity contribution is 7.89. The van der Waals surface area contributed by atoms with Crippen LogP contribution >= 0.6 is 11.6 Å². The van der Waals surface area contributed by atoms with Gasteiger partial charge in [-0.05, 0) is 18.6 Å². The minimum Gasteiger partial charge on any atom is -0.494 e. The summed E-state index contributed by atoms with van der Waals surface area (Å²) in [5.74, 6) is -0.577.